The SMILES string of the molecule is CCCCCCCCCCCCCCCC(=O)OC[C@@H]1O[C@H](n2cc(F)c(=O)n(C(=O)CCCCCCCCCCCCCCC)c2=O)CC1O. The number of unbranched alkanes of at least 4 members (excludes halogenated alkanes) is 24. The Balaban J connectivity index is 1.65. The summed E-state index contributed by atoms with van der Waals surface area (Å²) in [6.07, 6.45) is 28.4. The molecule has 1 fully saturated rings. The van der Waals surface area contributed by atoms with Gasteiger partial charge in [-0.15, -0.1) is 0 Å². The first kappa shape index (κ1) is 44.8. The van der Waals surface area contributed by atoms with Crippen LogP contribution >= 0.6 is 0 Å². The van der Waals surface area contributed by atoms with Crippen LogP contribution in [0, 0.1) is 5.82 Å². The number of hydrogen-bond donors (Lipinski definition) is 1. The summed E-state index contributed by atoms with van der Waals surface area (Å²) >= 11 is 0. The van der Waals surface area contributed by atoms with Crippen molar-refractivity contribution in [2.75, 3.05) is 6.61 Å². The number of nitrogens with zero attached hydrogens (tertiary/aromatic N) is 2. The fraction of sp³-hybridized carbons (Fsp3) is 0.854. The molecule has 294 valence electrons. The monoisotopic (exact) mass is 723 g/mol. The summed E-state index contributed by atoms with van der Waals surface area (Å²) < 4.78 is 27.0. The average Bonchev–Trinajstić information content (AvgIpc) is 3.49. The molecule has 0 saturated carbocycles. The number of aliphatic hydroxyl groups is 1. The molecule has 10 heteroatoms. The molecule has 9 nitrogen and oxygen atoms in total. The number of halogens is 1. The van der Waals surface area contributed by atoms with Gasteiger partial charge in [0.05, 0.1) is 12.3 Å². The lowest BCUT2D eigenvalue weighted by atomic mass is 10.0. The van der Waals surface area contributed by atoms with Gasteiger partial charge in [0, 0.05) is 19.3 Å². The van der Waals surface area contributed by atoms with Gasteiger partial charge in [0.1, 0.15) is 18.9 Å². The van der Waals surface area contributed by atoms with Crippen molar-refractivity contribution in [1.29, 1.82) is 0 Å². The fourth-order valence-electron chi connectivity index (χ4n) is 6.94. The molecule has 0 aromatic carbocycles. The lowest BCUT2D eigenvalue weighted by molar-refractivity contribution is -0.150. The smallest absolute Gasteiger partial charge is 0.340 e. The van der Waals surface area contributed by atoms with Gasteiger partial charge in [-0.25, -0.2) is 4.79 Å². The van der Waals surface area contributed by atoms with Crippen molar-refractivity contribution >= 4 is 11.9 Å². The minimum Gasteiger partial charge on any atom is -0.463 e. The van der Waals surface area contributed by atoms with E-state index < -0.39 is 41.4 Å². The summed E-state index contributed by atoms with van der Waals surface area (Å²) in [5.74, 6) is -2.38. The van der Waals surface area contributed by atoms with E-state index >= 15 is 0 Å². The molecule has 1 N–H and O–H groups in total. The molecule has 0 radical (unpaired) electrons. The van der Waals surface area contributed by atoms with Gasteiger partial charge in [-0.2, -0.15) is 8.96 Å². The second-order valence-electron chi connectivity index (χ2n) is 14.8. The normalized spacial score (nSPS) is 17.3. The molecular weight excluding hydrogens is 651 g/mol. The summed E-state index contributed by atoms with van der Waals surface area (Å²) in [5, 5.41) is 10.6. The van der Waals surface area contributed by atoms with E-state index in [0.717, 1.165) is 55.7 Å². The molecule has 0 bridgehead atoms. The molecule has 1 aromatic heterocycles. The van der Waals surface area contributed by atoms with Crippen molar-refractivity contribution in [1.82, 2.24) is 9.13 Å². The summed E-state index contributed by atoms with van der Waals surface area (Å²) in [4.78, 5) is 50.9. The van der Waals surface area contributed by atoms with Crippen molar-refractivity contribution in [3.05, 3.63) is 32.9 Å². The first-order valence-electron chi connectivity index (χ1n) is 20.9. The van der Waals surface area contributed by atoms with Crippen molar-refractivity contribution in [2.45, 2.75) is 218 Å². The summed E-state index contributed by atoms with van der Waals surface area (Å²) in [7, 11) is 0. The Morgan fingerprint density at radius 3 is 1.57 bits per heavy atom. The molecular formula is C41H71FN2O7. The Morgan fingerprint density at radius 1 is 0.706 bits per heavy atom. The van der Waals surface area contributed by atoms with Crippen LogP contribution in [0.2, 0.25) is 0 Å². The van der Waals surface area contributed by atoms with Crippen LogP contribution in [0.5, 0.6) is 0 Å². The third-order valence-corrected chi connectivity index (χ3v) is 10.2. The van der Waals surface area contributed by atoms with Crippen molar-refractivity contribution in [3.8, 4) is 0 Å². The van der Waals surface area contributed by atoms with Gasteiger partial charge in [-0.05, 0) is 12.8 Å². The van der Waals surface area contributed by atoms with E-state index in [9.17, 15) is 28.7 Å². The molecule has 0 spiro atoms. The summed E-state index contributed by atoms with van der Waals surface area (Å²) in [5.41, 5.74) is -2.29. The highest BCUT2D eigenvalue weighted by Crippen LogP contribution is 2.28. The standard InChI is InChI=1S/C41H71FN2O7/c1-3-5-7-9-11-13-15-17-19-21-23-25-27-29-37(46)44-40(48)34(42)32-43(41(44)49)38-31-35(45)36(51-38)33-50-39(47)30-28-26-24-22-20-18-16-14-12-10-8-6-4-2/h32,35-36,38,45H,3-31,33H2,1-2H3/t35?,36-,38-/m0/s1. The quantitative estimate of drug-likeness (QED) is 0.0599. The maximum absolute atomic E-state index is 14.7. The van der Waals surface area contributed by atoms with Gasteiger partial charge in [0.15, 0.2) is 0 Å². The highest BCUT2D eigenvalue weighted by Gasteiger charge is 2.37. The molecule has 1 aliphatic rings. The number of carbonyl (C=O) groups is 2. The first-order valence-corrected chi connectivity index (χ1v) is 20.9. The van der Waals surface area contributed by atoms with Crippen molar-refractivity contribution < 1.29 is 28.6 Å². The first-order chi connectivity index (χ1) is 24.8. The van der Waals surface area contributed by atoms with E-state index in [4.69, 9.17) is 9.47 Å². The van der Waals surface area contributed by atoms with Gasteiger partial charge in [-0.1, -0.05) is 168 Å². The molecule has 0 amide bonds. The number of carbonyl (C=O) groups excluding carboxylic acids is 2. The van der Waals surface area contributed by atoms with E-state index in [0.29, 0.717) is 11.0 Å². The van der Waals surface area contributed by atoms with Gasteiger partial charge >= 0.3 is 11.7 Å². The van der Waals surface area contributed by atoms with Crippen LogP contribution in [-0.2, 0) is 14.3 Å². The van der Waals surface area contributed by atoms with Crippen molar-refractivity contribution in [3.63, 3.8) is 0 Å². The lowest BCUT2D eigenvalue weighted by Gasteiger charge is -2.17. The summed E-state index contributed by atoms with van der Waals surface area (Å²) in [6.45, 7) is 4.26. The number of rotatable bonds is 31. The molecule has 0 aliphatic carbocycles. The van der Waals surface area contributed by atoms with Gasteiger partial charge in [-0.3, -0.25) is 19.0 Å². The van der Waals surface area contributed by atoms with Gasteiger partial charge in [0.2, 0.25) is 11.7 Å². The van der Waals surface area contributed by atoms with Crippen LogP contribution in [0.1, 0.15) is 211 Å². The van der Waals surface area contributed by atoms with E-state index in [2.05, 4.69) is 13.8 Å². The lowest BCUT2D eigenvalue weighted by Crippen LogP contribution is -2.45. The molecule has 1 saturated heterocycles. The topological polar surface area (TPSA) is 117 Å². The molecule has 1 aromatic rings. The number of esters is 1. The Labute approximate surface area is 307 Å². The Kier molecular flexibility index (Phi) is 24.8. The Morgan fingerprint density at radius 2 is 1.12 bits per heavy atom. The zero-order valence-corrected chi connectivity index (χ0v) is 32.2. The molecule has 1 aliphatic heterocycles. The second kappa shape index (κ2) is 28.2. The predicted molar refractivity (Wildman–Crippen MR) is 202 cm³/mol. The molecule has 2 rings (SSSR count). The van der Waals surface area contributed by atoms with Crippen LogP contribution in [0.3, 0.4) is 0 Å². The van der Waals surface area contributed by atoms with Gasteiger partial charge < -0.3 is 14.6 Å². The number of ether oxygens (including phenoxy) is 2. The highest BCUT2D eigenvalue weighted by molar-refractivity contribution is 5.78. The maximum Gasteiger partial charge on any atom is 0.340 e. The zero-order valence-electron chi connectivity index (χ0n) is 32.2. The van der Waals surface area contributed by atoms with Crippen LogP contribution < -0.4 is 11.2 Å². The van der Waals surface area contributed by atoms with E-state index in [1.165, 1.54) is 116 Å². The van der Waals surface area contributed by atoms with Gasteiger partial charge in [0.25, 0.3) is 5.56 Å². The van der Waals surface area contributed by atoms with Crippen LogP contribution in [-0.4, -0.2) is 44.9 Å². The zero-order chi connectivity index (χ0) is 37.1. The minimum absolute atomic E-state index is 0.0393. The molecule has 2 heterocycles. The van der Waals surface area contributed by atoms with E-state index in [-0.39, 0.29) is 31.8 Å². The average molecular weight is 723 g/mol. The highest BCUT2D eigenvalue weighted by atomic mass is 19.1. The fourth-order valence-corrected chi connectivity index (χ4v) is 6.94. The third-order valence-electron chi connectivity index (χ3n) is 10.2. The molecule has 1 unspecified atom stereocenters. The number of aromatic nitrogens is 2. The number of aliphatic hydroxyl groups excluding tert-OH is 1. The minimum atomic E-state index is -1.28. The Hall–Kier alpha value is -2.33. The number of hydrogen-bond acceptors (Lipinski definition) is 7. The summed E-state index contributed by atoms with van der Waals surface area (Å²) in [6, 6.07) is 0. The van der Waals surface area contributed by atoms with Crippen molar-refractivity contribution in [2.24, 2.45) is 0 Å². The van der Waals surface area contributed by atoms with Crippen LogP contribution in [0.15, 0.2) is 15.8 Å². The Bertz CT molecular complexity index is 1200. The van der Waals surface area contributed by atoms with Crippen LogP contribution in [0.4, 0.5) is 4.39 Å². The predicted octanol–water partition coefficient (Wildman–Crippen LogP) is 9.94. The third kappa shape index (κ3) is 18.8. The maximum atomic E-state index is 14.7. The van der Waals surface area contributed by atoms with E-state index in [1.54, 1.807) is 0 Å². The molecule has 51 heavy (non-hydrogen) atoms. The largest absolute Gasteiger partial charge is 0.463 e. The molecule has 3 atom stereocenters. The van der Waals surface area contributed by atoms with Crippen LogP contribution in [0.25, 0.3) is 0 Å². The second-order valence-corrected chi connectivity index (χ2v) is 14.8. The van der Waals surface area contributed by atoms with E-state index in [1.807, 2.05) is 0 Å².